The van der Waals surface area contributed by atoms with E-state index in [1.807, 2.05) is 0 Å². The zero-order chi connectivity index (χ0) is 13.2. The van der Waals surface area contributed by atoms with Gasteiger partial charge in [-0.05, 0) is 62.2 Å². The Labute approximate surface area is 118 Å². The number of rotatable bonds is 3. The minimum atomic E-state index is 0.362. The van der Waals surface area contributed by atoms with Gasteiger partial charge in [-0.15, -0.1) is 0 Å². The Balaban J connectivity index is 1.53. The van der Waals surface area contributed by atoms with Gasteiger partial charge < -0.3 is 0 Å². The Hall–Kier alpha value is -0.0800. The summed E-state index contributed by atoms with van der Waals surface area (Å²) in [5, 5.41) is 0. The van der Waals surface area contributed by atoms with Gasteiger partial charge in [0, 0.05) is 0 Å². The third kappa shape index (κ3) is 3.33. The molecule has 5 atom stereocenters. The van der Waals surface area contributed by atoms with Crippen molar-refractivity contribution in [2.75, 3.05) is 0 Å². The highest BCUT2D eigenvalue weighted by Crippen LogP contribution is 2.46. The van der Waals surface area contributed by atoms with Gasteiger partial charge in [0.1, 0.15) is 0 Å². The standard InChI is InChI=1S/C17H30O2/c1-12-8-14-10-13(2)17(15(9-12)11-14)19-18-16-6-4-3-5-7-16/h12-17H,3-11H2,1-2H3/t12?,13?,14?,15?,17-/m0/s1. The molecule has 0 aliphatic heterocycles. The minimum absolute atomic E-state index is 0.362. The number of hydrogen-bond donors (Lipinski definition) is 0. The van der Waals surface area contributed by atoms with E-state index >= 15 is 0 Å². The van der Waals surface area contributed by atoms with Crippen LogP contribution in [0.4, 0.5) is 0 Å². The second-order valence-corrected chi connectivity index (χ2v) is 7.57. The molecule has 0 aromatic rings. The van der Waals surface area contributed by atoms with Gasteiger partial charge in [0.2, 0.25) is 0 Å². The third-order valence-electron chi connectivity index (χ3n) is 5.66. The molecule has 2 nitrogen and oxygen atoms in total. The molecule has 0 amide bonds. The molecule has 4 unspecified atom stereocenters. The summed E-state index contributed by atoms with van der Waals surface area (Å²) in [4.78, 5) is 11.8. The van der Waals surface area contributed by atoms with Crippen LogP contribution in [0.2, 0.25) is 0 Å². The van der Waals surface area contributed by atoms with Crippen LogP contribution in [0.3, 0.4) is 0 Å². The molecule has 3 rings (SSSR count). The van der Waals surface area contributed by atoms with Gasteiger partial charge in [-0.2, -0.15) is 0 Å². The van der Waals surface area contributed by atoms with Crippen molar-refractivity contribution in [1.29, 1.82) is 0 Å². The van der Waals surface area contributed by atoms with Crippen molar-refractivity contribution < 1.29 is 9.78 Å². The average molecular weight is 266 g/mol. The molecule has 2 bridgehead atoms. The topological polar surface area (TPSA) is 18.5 Å². The largest absolute Gasteiger partial charge is 0.233 e. The van der Waals surface area contributed by atoms with Crippen LogP contribution >= 0.6 is 0 Å². The lowest BCUT2D eigenvalue weighted by atomic mass is 9.64. The Bertz CT molecular complexity index is 281. The van der Waals surface area contributed by atoms with Crippen molar-refractivity contribution in [3.05, 3.63) is 0 Å². The first-order valence-electron chi connectivity index (χ1n) is 8.54. The molecule has 0 spiro atoms. The predicted molar refractivity (Wildman–Crippen MR) is 76.6 cm³/mol. The van der Waals surface area contributed by atoms with Gasteiger partial charge in [0.15, 0.2) is 0 Å². The van der Waals surface area contributed by atoms with E-state index in [4.69, 9.17) is 9.78 Å². The van der Waals surface area contributed by atoms with Crippen LogP contribution < -0.4 is 0 Å². The highest BCUT2D eigenvalue weighted by atomic mass is 17.2. The zero-order valence-electron chi connectivity index (χ0n) is 12.6. The summed E-state index contributed by atoms with van der Waals surface area (Å²) < 4.78 is 0. The Morgan fingerprint density at radius 3 is 2.37 bits per heavy atom. The van der Waals surface area contributed by atoms with E-state index in [-0.39, 0.29) is 0 Å². The van der Waals surface area contributed by atoms with Gasteiger partial charge in [0.25, 0.3) is 0 Å². The lowest BCUT2D eigenvalue weighted by Crippen LogP contribution is -2.42. The molecule has 0 heterocycles. The lowest BCUT2D eigenvalue weighted by Gasteiger charge is -2.45. The molecule has 0 aromatic carbocycles. The maximum atomic E-state index is 5.97. The minimum Gasteiger partial charge on any atom is -0.233 e. The van der Waals surface area contributed by atoms with Crippen LogP contribution in [0.5, 0.6) is 0 Å². The smallest absolute Gasteiger partial charge is 0.0983 e. The maximum absolute atomic E-state index is 5.97. The number of fused-ring (bicyclic) bond motifs is 2. The summed E-state index contributed by atoms with van der Waals surface area (Å²) in [5.41, 5.74) is 0. The van der Waals surface area contributed by atoms with Crippen LogP contribution in [-0.2, 0) is 9.78 Å². The first kappa shape index (κ1) is 13.9. The van der Waals surface area contributed by atoms with Crippen LogP contribution in [0, 0.1) is 23.7 Å². The maximum Gasteiger partial charge on any atom is 0.0983 e. The lowest BCUT2D eigenvalue weighted by molar-refractivity contribution is -0.376. The van der Waals surface area contributed by atoms with E-state index in [0.717, 1.165) is 17.8 Å². The monoisotopic (exact) mass is 266 g/mol. The van der Waals surface area contributed by atoms with Gasteiger partial charge in [-0.3, -0.25) is 0 Å². The van der Waals surface area contributed by atoms with E-state index < -0.39 is 0 Å². The molecule has 3 saturated carbocycles. The fraction of sp³-hybridized carbons (Fsp3) is 1.00. The third-order valence-corrected chi connectivity index (χ3v) is 5.66. The van der Waals surface area contributed by atoms with Gasteiger partial charge in [-0.1, -0.05) is 33.1 Å². The second kappa shape index (κ2) is 6.13. The summed E-state index contributed by atoms with van der Waals surface area (Å²) in [7, 11) is 0. The summed E-state index contributed by atoms with van der Waals surface area (Å²) >= 11 is 0. The molecule has 3 aliphatic carbocycles. The Morgan fingerprint density at radius 2 is 1.58 bits per heavy atom. The van der Waals surface area contributed by atoms with Crippen molar-refractivity contribution in [1.82, 2.24) is 0 Å². The van der Waals surface area contributed by atoms with Crippen molar-refractivity contribution in [3.63, 3.8) is 0 Å². The predicted octanol–water partition coefficient (Wildman–Crippen LogP) is 4.73. The summed E-state index contributed by atoms with van der Waals surface area (Å²) in [6.07, 6.45) is 12.7. The zero-order valence-corrected chi connectivity index (χ0v) is 12.6. The molecule has 3 fully saturated rings. The second-order valence-electron chi connectivity index (χ2n) is 7.57. The van der Waals surface area contributed by atoms with Gasteiger partial charge in [0.05, 0.1) is 12.2 Å². The molecule has 0 radical (unpaired) electrons. The first-order valence-corrected chi connectivity index (χ1v) is 8.54. The van der Waals surface area contributed by atoms with E-state index in [2.05, 4.69) is 13.8 Å². The molecule has 2 heteroatoms. The highest BCUT2D eigenvalue weighted by Gasteiger charge is 2.41. The van der Waals surface area contributed by atoms with Crippen molar-refractivity contribution >= 4 is 0 Å². The molecule has 0 aromatic heterocycles. The van der Waals surface area contributed by atoms with Crippen LogP contribution in [0.15, 0.2) is 0 Å². The quantitative estimate of drug-likeness (QED) is 0.543. The molecule has 19 heavy (non-hydrogen) atoms. The highest BCUT2D eigenvalue weighted by molar-refractivity contribution is 4.90. The van der Waals surface area contributed by atoms with E-state index in [1.165, 1.54) is 57.8 Å². The SMILES string of the molecule is CC1CC2CC(C)[C@H](OOC3CCCCC3)C(C1)C2. The van der Waals surface area contributed by atoms with Crippen molar-refractivity contribution in [3.8, 4) is 0 Å². The fourth-order valence-electron chi connectivity index (χ4n) is 4.87. The summed E-state index contributed by atoms with van der Waals surface area (Å²) in [6, 6.07) is 0. The molecular formula is C17H30O2. The van der Waals surface area contributed by atoms with E-state index in [1.54, 1.807) is 0 Å². The Morgan fingerprint density at radius 1 is 0.789 bits per heavy atom. The van der Waals surface area contributed by atoms with Gasteiger partial charge >= 0.3 is 0 Å². The summed E-state index contributed by atoms with van der Waals surface area (Å²) in [6.45, 7) is 4.78. The Kier molecular flexibility index (Phi) is 4.48. The first-order chi connectivity index (χ1) is 9.22. The molecular weight excluding hydrogens is 236 g/mol. The molecule has 0 saturated heterocycles. The molecule has 110 valence electrons. The number of hydrogen-bond acceptors (Lipinski definition) is 2. The van der Waals surface area contributed by atoms with Crippen molar-refractivity contribution in [2.24, 2.45) is 23.7 Å². The van der Waals surface area contributed by atoms with Crippen LogP contribution in [0.1, 0.15) is 71.6 Å². The fourth-order valence-corrected chi connectivity index (χ4v) is 4.87. The van der Waals surface area contributed by atoms with Crippen LogP contribution in [-0.4, -0.2) is 12.2 Å². The van der Waals surface area contributed by atoms with Crippen molar-refractivity contribution in [2.45, 2.75) is 83.8 Å². The van der Waals surface area contributed by atoms with E-state index in [9.17, 15) is 0 Å². The van der Waals surface area contributed by atoms with Gasteiger partial charge in [-0.25, -0.2) is 9.78 Å². The van der Waals surface area contributed by atoms with E-state index in [0.29, 0.717) is 18.1 Å². The average Bonchev–Trinajstić information content (AvgIpc) is 2.38. The summed E-state index contributed by atoms with van der Waals surface area (Å²) in [5.74, 6) is 3.27. The molecule has 0 N–H and O–H groups in total. The van der Waals surface area contributed by atoms with Crippen LogP contribution in [0.25, 0.3) is 0 Å². The molecule has 3 aliphatic rings. The normalized spacial score (nSPS) is 44.2.